The van der Waals surface area contributed by atoms with Gasteiger partial charge in [-0.3, -0.25) is 4.79 Å². The van der Waals surface area contributed by atoms with Crippen LogP contribution in [0.5, 0.6) is 0 Å². The molecule has 0 unspecified atom stereocenters. The third kappa shape index (κ3) is 1.79. The van der Waals surface area contributed by atoms with Gasteiger partial charge in [-0.25, -0.2) is 4.98 Å². The van der Waals surface area contributed by atoms with Crippen molar-refractivity contribution in [2.75, 3.05) is 0 Å². The lowest BCUT2D eigenvalue weighted by atomic mass is 10.1. The second kappa shape index (κ2) is 4.05. The number of thiophene rings is 1. The Balaban J connectivity index is 2.15. The van der Waals surface area contributed by atoms with E-state index >= 15 is 0 Å². The Morgan fingerprint density at radius 1 is 1.24 bits per heavy atom. The third-order valence-electron chi connectivity index (χ3n) is 2.58. The molecule has 0 aliphatic heterocycles. The predicted octanol–water partition coefficient (Wildman–Crippen LogP) is 3.90. The lowest BCUT2D eigenvalue weighted by molar-refractivity contribution is 0.103. The van der Waals surface area contributed by atoms with Gasteiger partial charge in [-0.2, -0.15) is 0 Å². The van der Waals surface area contributed by atoms with Crippen LogP contribution in [0.1, 0.15) is 21.1 Å². The summed E-state index contributed by atoms with van der Waals surface area (Å²) in [5.41, 5.74) is 1.30. The van der Waals surface area contributed by atoms with Crippen molar-refractivity contribution in [3.8, 4) is 0 Å². The first-order valence-corrected chi connectivity index (χ1v) is 6.94. The van der Waals surface area contributed by atoms with Gasteiger partial charge in [-0.15, -0.1) is 22.7 Å². The van der Waals surface area contributed by atoms with E-state index in [9.17, 15) is 4.79 Å². The molecule has 2 aromatic heterocycles. The summed E-state index contributed by atoms with van der Waals surface area (Å²) in [4.78, 5) is 16.6. The Kier molecular flexibility index (Phi) is 2.53. The molecule has 4 heteroatoms. The zero-order chi connectivity index (χ0) is 11.8. The van der Waals surface area contributed by atoms with E-state index in [0.29, 0.717) is 5.69 Å². The molecule has 0 bridgehead atoms. The quantitative estimate of drug-likeness (QED) is 0.653. The fourth-order valence-electron chi connectivity index (χ4n) is 1.78. The van der Waals surface area contributed by atoms with E-state index in [-0.39, 0.29) is 5.78 Å². The predicted molar refractivity (Wildman–Crippen MR) is 72.1 cm³/mol. The van der Waals surface area contributed by atoms with Crippen LogP contribution in [0.15, 0.2) is 35.0 Å². The van der Waals surface area contributed by atoms with Gasteiger partial charge in [-0.1, -0.05) is 12.1 Å². The van der Waals surface area contributed by atoms with Gasteiger partial charge in [0.15, 0.2) is 0 Å². The first-order chi connectivity index (χ1) is 8.25. The van der Waals surface area contributed by atoms with Crippen molar-refractivity contribution in [3.63, 3.8) is 0 Å². The van der Waals surface area contributed by atoms with E-state index < -0.39 is 0 Å². The summed E-state index contributed by atoms with van der Waals surface area (Å²) >= 11 is 3.10. The SMILES string of the molecule is Cc1nc(C(=O)c2cccc3ccsc23)cs1. The minimum absolute atomic E-state index is 0.0161. The van der Waals surface area contributed by atoms with E-state index in [2.05, 4.69) is 4.98 Å². The average Bonchev–Trinajstić information content (AvgIpc) is 2.95. The van der Waals surface area contributed by atoms with Gasteiger partial charge in [0, 0.05) is 15.6 Å². The minimum atomic E-state index is 0.0161. The number of hydrogen-bond acceptors (Lipinski definition) is 4. The molecule has 17 heavy (non-hydrogen) atoms. The fraction of sp³-hybridized carbons (Fsp3) is 0.0769. The largest absolute Gasteiger partial charge is 0.287 e. The molecule has 0 aliphatic rings. The molecule has 0 spiro atoms. The number of hydrogen-bond donors (Lipinski definition) is 0. The maximum absolute atomic E-state index is 12.3. The molecule has 0 radical (unpaired) electrons. The van der Waals surface area contributed by atoms with Crippen LogP contribution >= 0.6 is 22.7 Å². The van der Waals surface area contributed by atoms with Crippen molar-refractivity contribution in [3.05, 3.63) is 51.3 Å². The molecule has 3 aromatic rings. The van der Waals surface area contributed by atoms with E-state index in [1.807, 2.05) is 41.9 Å². The Labute approximate surface area is 107 Å². The third-order valence-corrected chi connectivity index (χ3v) is 4.31. The van der Waals surface area contributed by atoms with E-state index in [1.165, 1.54) is 11.3 Å². The molecule has 0 fully saturated rings. The van der Waals surface area contributed by atoms with Crippen molar-refractivity contribution in [2.45, 2.75) is 6.92 Å². The van der Waals surface area contributed by atoms with E-state index in [4.69, 9.17) is 0 Å². The zero-order valence-corrected chi connectivity index (χ0v) is 10.8. The molecule has 84 valence electrons. The first-order valence-electron chi connectivity index (χ1n) is 5.19. The molecule has 2 heterocycles. The Hall–Kier alpha value is -1.52. The van der Waals surface area contributed by atoms with Gasteiger partial charge in [0.1, 0.15) is 5.69 Å². The van der Waals surface area contributed by atoms with E-state index in [1.54, 1.807) is 11.3 Å². The van der Waals surface area contributed by atoms with E-state index in [0.717, 1.165) is 20.7 Å². The van der Waals surface area contributed by atoms with Crippen molar-refractivity contribution < 1.29 is 4.79 Å². The molecule has 0 amide bonds. The summed E-state index contributed by atoms with van der Waals surface area (Å²) in [6, 6.07) is 7.84. The number of carbonyl (C=O) groups is 1. The molecular formula is C13H9NOS2. The highest BCUT2D eigenvalue weighted by Crippen LogP contribution is 2.26. The van der Waals surface area contributed by atoms with Crippen molar-refractivity contribution >= 4 is 38.5 Å². The standard InChI is InChI=1S/C13H9NOS2/c1-8-14-11(7-17-8)12(15)10-4-2-3-9-5-6-16-13(9)10/h2-7H,1H3. The second-order valence-electron chi connectivity index (χ2n) is 3.73. The maximum Gasteiger partial charge on any atom is 0.213 e. The van der Waals surface area contributed by atoms with Gasteiger partial charge < -0.3 is 0 Å². The number of ketones is 1. The van der Waals surface area contributed by atoms with Crippen LogP contribution in [-0.2, 0) is 0 Å². The zero-order valence-electron chi connectivity index (χ0n) is 9.14. The average molecular weight is 259 g/mol. The van der Waals surface area contributed by atoms with Gasteiger partial charge in [0.2, 0.25) is 5.78 Å². The van der Waals surface area contributed by atoms with Crippen LogP contribution < -0.4 is 0 Å². The van der Waals surface area contributed by atoms with Crippen molar-refractivity contribution in [1.29, 1.82) is 0 Å². The molecule has 1 aromatic carbocycles. The highest BCUT2D eigenvalue weighted by Gasteiger charge is 2.15. The number of aromatic nitrogens is 1. The van der Waals surface area contributed by atoms with Gasteiger partial charge in [0.25, 0.3) is 0 Å². The normalized spacial score (nSPS) is 10.9. The van der Waals surface area contributed by atoms with Crippen LogP contribution in [0, 0.1) is 6.92 Å². The lowest BCUT2D eigenvalue weighted by Crippen LogP contribution is -2.01. The summed E-state index contributed by atoms with van der Waals surface area (Å²) in [5, 5.41) is 5.87. The summed E-state index contributed by atoms with van der Waals surface area (Å²) < 4.78 is 1.04. The number of fused-ring (bicyclic) bond motifs is 1. The smallest absolute Gasteiger partial charge is 0.213 e. The number of thiazole rings is 1. The molecular weight excluding hydrogens is 250 g/mol. The Morgan fingerprint density at radius 2 is 2.12 bits per heavy atom. The van der Waals surface area contributed by atoms with Crippen molar-refractivity contribution in [1.82, 2.24) is 4.98 Å². The van der Waals surface area contributed by atoms with Crippen LogP contribution in [0.25, 0.3) is 10.1 Å². The number of benzene rings is 1. The highest BCUT2D eigenvalue weighted by molar-refractivity contribution is 7.17. The first kappa shape index (κ1) is 10.6. The molecule has 0 saturated carbocycles. The Bertz CT molecular complexity index is 696. The summed E-state index contributed by atoms with van der Waals surface area (Å²) in [7, 11) is 0. The highest BCUT2D eigenvalue weighted by atomic mass is 32.1. The number of carbonyl (C=O) groups excluding carboxylic acids is 1. The molecule has 0 saturated heterocycles. The number of nitrogens with zero attached hydrogens (tertiary/aromatic N) is 1. The van der Waals surface area contributed by atoms with Crippen LogP contribution in [0.2, 0.25) is 0 Å². The molecule has 0 atom stereocenters. The van der Waals surface area contributed by atoms with Gasteiger partial charge in [-0.05, 0) is 29.8 Å². The van der Waals surface area contributed by atoms with Crippen LogP contribution in [-0.4, -0.2) is 10.8 Å². The maximum atomic E-state index is 12.3. The molecule has 0 aliphatic carbocycles. The molecule has 0 N–H and O–H groups in total. The van der Waals surface area contributed by atoms with Crippen LogP contribution in [0.4, 0.5) is 0 Å². The van der Waals surface area contributed by atoms with Gasteiger partial charge >= 0.3 is 0 Å². The lowest BCUT2D eigenvalue weighted by Gasteiger charge is -1.99. The van der Waals surface area contributed by atoms with Gasteiger partial charge in [0.05, 0.1) is 5.01 Å². The number of rotatable bonds is 2. The topological polar surface area (TPSA) is 30.0 Å². The summed E-state index contributed by atoms with van der Waals surface area (Å²) in [6.07, 6.45) is 0. The Morgan fingerprint density at radius 3 is 2.88 bits per heavy atom. The number of aryl methyl sites for hydroxylation is 1. The summed E-state index contributed by atoms with van der Waals surface area (Å²) in [6.45, 7) is 1.91. The minimum Gasteiger partial charge on any atom is -0.287 e. The summed E-state index contributed by atoms with van der Waals surface area (Å²) in [5.74, 6) is 0.0161. The van der Waals surface area contributed by atoms with Crippen molar-refractivity contribution in [2.24, 2.45) is 0 Å². The second-order valence-corrected chi connectivity index (χ2v) is 5.70. The molecule has 2 nitrogen and oxygen atoms in total. The molecule has 3 rings (SSSR count). The van der Waals surface area contributed by atoms with Crippen LogP contribution in [0.3, 0.4) is 0 Å². The fourth-order valence-corrected chi connectivity index (χ4v) is 3.28. The monoisotopic (exact) mass is 259 g/mol.